The summed E-state index contributed by atoms with van der Waals surface area (Å²) < 4.78 is 28.8. The average molecular weight is 444 g/mol. The summed E-state index contributed by atoms with van der Waals surface area (Å²) in [6, 6.07) is 14.3. The number of hydrogen-bond donors (Lipinski definition) is 0. The molecule has 158 valence electrons. The van der Waals surface area contributed by atoms with E-state index in [-0.39, 0.29) is 10.8 Å². The second-order valence-electron chi connectivity index (χ2n) is 7.58. The van der Waals surface area contributed by atoms with E-state index < -0.39 is 10.0 Å². The van der Waals surface area contributed by atoms with Gasteiger partial charge in [-0.05, 0) is 43.2 Å². The monoisotopic (exact) mass is 443 g/mol. The summed E-state index contributed by atoms with van der Waals surface area (Å²) in [4.78, 5) is 19.3. The van der Waals surface area contributed by atoms with Gasteiger partial charge in [0.2, 0.25) is 10.0 Å². The minimum absolute atomic E-state index is 0.184. The number of aromatic nitrogens is 1. The Kier molecular flexibility index (Phi) is 6.17. The molecule has 1 aliphatic heterocycles. The highest BCUT2D eigenvalue weighted by atomic mass is 32.2. The summed E-state index contributed by atoms with van der Waals surface area (Å²) in [5.41, 5.74) is 1.29. The van der Waals surface area contributed by atoms with Crippen molar-refractivity contribution in [2.45, 2.75) is 37.1 Å². The molecule has 1 aliphatic rings. The van der Waals surface area contributed by atoms with Gasteiger partial charge in [0, 0.05) is 25.7 Å². The van der Waals surface area contributed by atoms with Gasteiger partial charge in [-0.1, -0.05) is 31.0 Å². The molecule has 8 heteroatoms. The fourth-order valence-corrected chi connectivity index (χ4v) is 6.29. The van der Waals surface area contributed by atoms with E-state index in [4.69, 9.17) is 0 Å². The number of carbonyl (C=O) groups is 1. The van der Waals surface area contributed by atoms with E-state index in [0.29, 0.717) is 25.2 Å². The van der Waals surface area contributed by atoms with E-state index in [1.54, 1.807) is 45.8 Å². The summed E-state index contributed by atoms with van der Waals surface area (Å²) >= 11 is 1.56. The number of fused-ring (bicyclic) bond motifs is 1. The standard InChI is InChI=1S/C22H25N3O3S2/c1-24(16-21-23-19-11-4-5-12-20(19)29-21)22(26)17-9-8-10-18(15-17)30(27,28)25-13-6-2-3-7-14-25/h4-5,8-12,15H,2-3,6-7,13-14,16H2,1H3. The molecule has 0 N–H and O–H groups in total. The lowest BCUT2D eigenvalue weighted by Crippen LogP contribution is -2.32. The SMILES string of the molecule is CN(Cc1nc2ccccc2s1)C(=O)c1cccc(S(=O)(=O)N2CCCCCC2)c1. The number of thiazole rings is 1. The van der Waals surface area contributed by atoms with Crippen molar-refractivity contribution in [2.24, 2.45) is 0 Å². The summed E-state index contributed by atoms with van der Waals surface area (Å²) in [6.07, 6.45) is 3.87. The number of amides is 1. The summed E-state index contributed by atoms with van der Waals surface area (Å²) in [5.74, 6) is -0.220. The number of benzene rings is 2. The molecule has 1 fully saturated rings. The Morgan fingerprint density at radius 1 is 1.07 bits per heavy atom. The van der Waals surface area contributed by atoms with Crippen molar-refractivity contribution < 1.29 is 13.2 Å². The van der Waals surface area contributed by atoms with E-state index in [1.165, 1.54) is 6.07 Å². The number of rotatable bonds is 5. The van der Waals surface area contributed by atoms with Crippen LogP contribution in [0.2, 0.25) is 0 Å². The van der Waals surface area contributed by atoms with E-state index in [2.05, 4.69) is 4.98 Å². The molecule has 0 unspecified atom stereocenters. The van der Waals surface area contributed by atoms with Crippen LogP contribution in [0.25, 0.3) is 10.2 Å². The van der Waals surface area contributed by atoms with E-state index in [1.807, 2.05) is 24.3 Å². The van der Waals surface area contributed by atoms with Crippen LogP contribution in [0.15, 0.2) is 53.4 Å². The maximum atomic E-state index is 13.1. The van der Waals surface area contributed by atoms with Crippen LogP contribution in [0.5, 0.6) is 0 Å². The Morgan fingerprint density at radius 2 is 1.80 bits per heavy atom. The molecule has 4 rings (SSSR count). The van der Waals surface area contributed by atoms with Gasteiger partial charge in [0.15, 0.2) is 0 Å². The molecule has 3 aromatic rings. The number of para-hydroxylation sites is 1. The average Bonchev–Trinajstić information content (AvgIpc) is 2.95. The first-order chi connectivity index (χ1) is 14.4. The molecule has 1 saturated heterocycles. The van der Waals surface area contributed by atoms with Gasteiger partial charge in [0.1, 0.15) is 5.01 Å². The lowest BCUT2D eigenvalue weighted by Gasteiger charge is -2.21. The normalized spacial score (nSPS) is 15.8. The molecule has 2 aromatic carbocycles. The highest BCUT2D eigenvalue weighted by Gasteiger charge is 2.26. The molecule has 0 radical (unpaired) electrons. The third-order valence-corrected chi connectivity index (χ3v) is 8.26. The second-order valence-corrected chi connectivity index (χ2v) is 10.6. The van der Waals surface area contributed by atoms with Gasteiger partial charge >= 0.3 is 0 Å². The third-order valence-electron chi connectivity index (χ3n) is 5.34. The molecule has 0 aliphatic carbocycles. The van der Waals surface area contributed by atoms with Crippen molar-refractivity contribution in [1.82, 2.24) is 14.2 Å². The van der Waals surface area contributed by atoms with E-state index in [9.17, 15) is 13.2 Å². The van der Waals surface area contributed by atoms with Gasteiger partial charge < -0.3 is 4.90 Å². The minimum Gasteiger partial charge on any atom is -0.335 e. The van der Waals surface area contributed by atoms with Gasteiger partial charge in [-0.3, -0.25) is 4.79 Å². The zero-order chi connectivity index (χ0) is 21.1. The minimum atomic E-state index is -3.59. The predicted molar refractivity (Wildman–Crippen MR) is 119 cm³/mol. The Balaban J connectivity index is 1.52. The van der Waals surface area contributed by atoms with Crippen molar-refractivity contribution in [3.63, 3.8) is 0 Å². The first-order valence-corrected chi connectivity index (χ1v) is 12.4. The molecule has 0 spiro atoms. The molecular formula is C22H25N3O3S2. The van der Waals surface area contributed by atoms with Crippen molar-refractivity contribution >= 4 is 37.5 Å². The van der Waals surface area contributed by atoms with Gasteiger partial charge in [0.25, 0.3) is 5.91 Å². The Hall–Kier alpha value is -2.29. The first-order valence-electron chi connectivity index (χ1n) is 10.2. The largest absolute Gasteiger partial charge is 0.335 e. The van der Waals surface area contributed by atoms with Gasteiger partial charge in [0.05, 0.1) is 21.7 Å². The van der Waals surface area contributed by atoms with Crippen LogP contribution in [0.1, 0.15) is 41.0 Å². The molecule has 30 heavy (non-hydrogen) atoms. The smallest absolute Gasteiger partial charge is 0.254 e. The van der Waals surface area contributed by atoms with Gasteiger partial charge in [-0.25, -0.2) is 13.4 Å². The highest BCUT2D eigenvalue weighted by Crippen LogP contribution is 2.24. The zero-order valence-corrected chi connectivity index (χ0v) is 18.6. The molecule has 1 aromatic heterocycles. The van der Waals surface area contributed by atoms with Crippen molar-refractivity contribution in [3.8, 4) is 0 Å². The molecule has 0 atom stereocenters. The highest BCUT2D eigenvalue weighted by molar-refractivity contribution is 7.89. The third kappa shape index (κ3) is 4.40. The van der Waals surface area contributed by atoms with Crippen LogP contribution in [-0.2, 0) is 16.6 Å². The topological polar surface area (TPSA) is 70.6 Å². The molecule has 2 heterocycles. The van der Waals surface area contributed by atoms with Crippen LogP contribution in [0.4, 0.5) is 0 Å². The predicted octanol–water partition coefficient (Wildman–Crippen LogP) is 4.13. The zero-order valence-electron chi connectivity index (χ0n) is 17.0. The molecule has 0 saturated carbocycles. The van der Waals surface area contributed by atoms with Gasteiger partial charge in [-0.15, -0.1) is 11.3 Å². The number of hydrogen-bond acceptors (Lipinski definition) is 5. The number of carbonyl (C=O) groups excluding carboxylic acids is 1. The van der Waals surface area contributed by atoms with Crippen LogP contribution in [0.3, 0.4) is 0 Å². The fraction of sp³-hybridized carbons (Fsp3) is 0.364. The van der Waals surface area contributed by atoms with Crippen molar-refractivity contribution in [2.75, 3.05) is 20.1 Å². The number of nitrogens with zero attached hydrogens (tertiary/aromatic N) is 3. The van der Waals surface area contributed by atoms with Crippen molar-refractivity contribution in [3.05, 3.63) is 59.1 Å². The van der Waals surface area contributed by atoms with Crippen LogP contribution in [-0.4, -0.2) is 48.7 Å². The lowest BCUT2D eigenvalue weighted by molar-refractivity contribution is 0.0785. The summed E-state index contributed by atoms with van der Waals surface area (Å²) in [5, 5.41) is 0.848. The quantitative estimate of drug-likeness (QED) is 0.594. The Bertz CT molecular complexity index is 1120. The summed E-state index contributed by atoms with van der Waals surface area (Å²) in [6.45, 7) is 1.46. The van der Waals surface area contributed by atoms with Crippen LogP contribution in [0, 0.1) is 0 Å². The number of sulfonamides is 1. The van der Waals surface area contributed by atoms with Crippen LogP contribution < -0.4 is 0 Å². The van der Waals surface area contributed by atoms with Gasteiger partial charge in [-0.2, -0.15) is 4.31 Å². The van der Waals surface area contributed by atoms with E-state index >= 15 is 0 Å². The summed E-state index contributed by atoms with van der Waals surface area (Å²) in [7, 11) is -1.88. The second kappa shape index (κ2) is 8.83. The fourth-order valence-electron chi connectivity index (χ4n) is 3.70. The Morgan fingerprint density at radius 3 is 2.53 bits per heavy atom. The maximum absolute atomic E-state index is 13.1. The van der Waals surface area contributed by atoms with E-state index in [0.717, 1.165) is 40.9 Å². The Labute approximate surface area is 181 Å². The molecule has 6 nitrogen and oxygen atoms in total. The van der Waals surface area contributed by atoms with Crippen molar-refractivity contribution in [1.29, 1.82) is 0 Å². The molecular weight excluding hydrogens is 418 g/mol. The molecule has 1 amide bonds. The first kappa shape index (κ1) is 21.0. The molecule has 0 bridgehead atoms. The van der Waals surface area contributed by atoms with Crippen LogP contribution >= 0.6 is 11.3 Å². The lowest BCUT2D eigenvalue weighted by atomic mass is 10.2. The maximum Gasteiger partial charge on any atom is 0.254 e.